The number of allylic oxidation sites excluding steroid dienone is 1. The van der Waals surface area contributed by atoms with Crippen molar-refractivity contribution in [1.82, 2.24) is 14.7 Å². The van der Waals surface area contributed by atoms with Gasteiger partial charge in [0.2, 0.25) is 10.0 Å². The molecule has 2 aromatic carbocycles. The van der Waals surface area contributed by atoms with Crippen LogP contribution in [0.4, 0.5) is 10.1 Å². The molecule has 0 saturated heterocycles. The van der Waals surface area contributed by atoms with Crippen LogP contribution in [0.25, 0.3) is 0 Å². The fraction of sp³-hybridized carbons (Fsp3) is 0.500. The zero-order chi connectivity index (χ0) is 34.8. The van der Waals surface area contributed by atoms with E-state index in [1.807, 2.05) is 13.0 Å². The van der Waals surface area contributed by atoms with Crippen molar-refractivity contribution >= 4 is 33.2 Å². The number of sulfonamides is 1. The van der Waals surface area contributed by atoms with Gasteiger partial charge in [0, 0.05) is 36.5 Å². The molecule has 7 atom stereocenters. The number of benzene rings is 2. The van der Waals surface area contributed by atoms with Gasteiger partial charge < -0.3 is 14.4 Å². The number of amides is 1. The first-order chi connectivity index (χ1) is 24.0. The zero-order valence-electron chi connectivity index (χ0n) is 28.3. The van der Waals surface area contributed by atoms with Crippen molar-refractivity contribution in [2.75, 3.05) is 24.6 Å². The molecule has 6 aliphatic rings. The van der Waals surface area contributed by atoms with Gasteiger partial charge >= 0.3 is 0 Å². The molecule has 1 amide bonds. The van der Waals surface area contributed by atoms with Gasteiger partial charge in [-0.1, -0.05) is 30.7 Å². The van der Waals surface area contributed by atoms with Crippen LogP contribution in [0.15, 0.2) is 60.4 Å². The molecule has 50 heavy (non-hydrogen) atoms. The Labute approximate surface area is 297 Å². The largest absolute Gasteiger partial charge is 0.490 e. The summed E-state index contributed by atoms with van der Waals surface area (Å²) in [6.45, 7) is 5.44. The van der Waals surface area contributed by atoms with E-state index in [0.717, 1.165) is 43.4 Å². The summed E-state index contributed by atoms with van der Waals surface area (Å²) in [7, 11) is -3.99. The van der Waals surface area contributed by atoms with Gasteiger partial charge in [0.25, 0.3) is 5.91 Å². The summed E-state index contributed by atoms with van der Waals surface area (Å²) in [4.78, 5) is 24.6. The summed E-state index contributed by atoms with van der Waals surface area (Å²) in [5, 5.41) is -0.675. The Hall–Kier alpha value is -3.54. The number of aromatic nitrogens is 2. The fourth-order valence-electron chi connectivity index (χ4n) is 8.84. The molecule has 3 aliphatic heterocycles. The number of fused-ring (bicyclic) bond motifs is 6. The molecular formula is C38H42ClFN4O5S. The highest BCUT2D eigenvalue weighted by atomic mass is 35.5. The van der Waals surface area contributed by atoms with E-state index in [1.165, 1.54) is 5.57 Å². The van der Waals surface area contributed by atoms with Gasteiger partial charge in [-0.05, 0) is 116 Å². The predicted molar refractivity (Wildman–Crippen MR) is 188 cm³/mol. The van der Waals surface area contributed by atoms with E-state index in [4.69, 9.17) is 21.1 Å². The number of anilines is 1. The Morgan fingerprint density at radius 1 is 1.16 bits per heavy atom. The Morgan fingerprint density at radius 2 is 1.96 bits per heavy atom. The van der Waals surface area contributed by atoms with Crippen molar-refractivity contribution < 1.29 is 27.1 Å². The lowest BCUT2D eigenvalue weighted by Crippen LogP contribution is -2.51. The Kier molecular flexibility index (Phi) is 8.67. The van der Waals surface area contributed by atoms with E-state index in [-0.39, 0.29) is 52.8 Å². The lowest BCUT2D eigenvalue weighted by atomic mass is 9.64. The third kappa shape index (κ3) is 5.88. The second-order valence-corrected chi connectivity index (χ2v) is 17.4. The number of nitrogens with zero attached hydrogens (tertiary/aromatic N) is 3. The number of nitrogens with one attached hydrogen (secondary N) is 1. The van der Waals surface area contributed by atoms with Crippen LogP contribution in [-0.2, 0) is 33.2 Å². The minimum absolute atomic E-state index is 0.0472. The van der Waals surface area contributed by atoms with Crippen molar-refractivity contribution in [2.24, 2.45) is 23.7 Å². The molecular weight excluding hydrogens is 679 g/mol. The molecule has 3 aliphatic carbocycles. The molecule has 9 nitrogen and oxygen atoms in total. The topological polar surface area (TPSA) is 111 Å². The maximum absolute atomic E-state index is 15.5. The number of hydrogen-bond acceptors (Lipinski definition) is 8. The van der Waals surface area contributed by atoms with Gasteiger partial charge in [-0.3, -0.25) is 4.79 Å². The van der Waals surface area contributed by atoms with Crippen LogP contribution in [-0.4, -0.2) is 55.3 Å². The van der Waals surface area contributed by atoms with Crippen LogP contribution in [0, 0.1) is 29.5 Å². The monoisotopic (exact) mass is 720 g/mol. The molecule has 1 N–H and O–H groups in total. The van der Waals surface area contributed by atoms with Crippen molar-refractivity contribution in [3.8, 4) is 5.75 Å². The van der Waals surface area contributed by atoms with Gasteiger partial charge in [-0.2, -0.15) is 0 Å². The first-order valence-corrected chi connectivity index (χ1v) is 19.6. The van der Waals surface area contributed by atoms with Crippen LogP contribution in [0.1, 0.15) is 73.3 Å². The molecule has 12 heteroatoms. The quantitative estimate of drug-likeness (QED) is 0.310. The van der Waals surface area contributed by atoms with Crippen LogP contribution in [0.5, 0.6) is 5.75 Å². The third-order valence-electron chi connectivity index (χ3n) is 12.1. The van der Waals surface area contributed by atoms with Crippen molar-refractivity contribution in [3.05, 3.63) is 93.8 Å². The van der Waals surface area contributed by atoms with Crippen molar-refractivity contribution in [3.63, 3.8) is 0 Å². The Balaban J connectivity index is 1.20. The summed E-state index contributed by atoms with van der Waals surface area (Å²) >= 11 is 6.26. The lowest BCUT2D eigenvalue weighted by molar-refractivity contribution is -0.0370. The third-order valence-corrected chi connectivity index (χ3v) is 14.3. The first kappa shape index (κ1) is 33.6. The molecule has 1 aromatic heterocycles. The smallest absolute Gasteiger partial charge is 0.264 e. The minimum atomic E-state index is -3.99. The number of carbonyl (C=O) groups excluding carboxylic acids is 1. The zero-order valence-corrected chi connectivity index (χ0v) is 29.9. The van der Waals surface area contributed by atoms with E-state index >= 15 is 4.39 Å². The minimum Gasteiger partial charge on any atom is -0.490 e. The fourth-order valence-corrected chi connectivity index (χ4v) is 10.3. The summed E-state index contributed by atoms with van der Waals surface area (Å²) in [5.74, 6) is 0.527. The molecule has 264 valence electrons. The lowest BCUT2D eigenvalue weighted by Gasteiger charge is -2.48. The molecule has 1 spiro atoms. The van der Waals surface area contributed by atoms with Crippen LogP contribution in [0.2, 0.25) is 5.02 Å². The van der Waals surface area contributed by atoms with Crippen LogP contribution < -0.4 is 14.4 Å². The normalized spacial score (nSPS) is 31.5. The van der Waals surface area contributed by atoms with Gasteiger partial charge in [-0.25, -0.2) is 27.5 Å². The standard InChI is InChI=1S/C38H42ClFN4O5S/c1-22-23(2)50(46,47)43-37(45)24-7-11-33-32(17-24)44(20-38(21-49-33)12-3-5-29-30(38)9-10-31(39)35(29)40)18-25-6-8-28(25)36(27-15-26(22)16-27)48-19-34-41-13-4-14-42-34/h4,7,9-11,13-15,17,22-23,25-26,28,36H,3,5-6,8,12,16,18-21H2,1-2H3,(H,43,45)/t22-,23-,25+,26+,28-,36+,38+/m1/s1. The molecule has 4 bridgehead atoms. The second kappa shape index (κ2) is 12.9. The maximum Gasteiger partial charge on any atom is 0.264 e. The maximum atomic E-state index is 15.5. The molecule has 1 fully saturated rings. The highest BCUT2D eigenvalue weighted by Crippen LogP contribution is 2.50. The molecule has 3 aromatic rings. The summed E-state index contributed by atoms with van der Waals surface area (Å²) in [6.07, 6.45) is 10.4. The highest BCUT2D eigenvalue weighted by molar-refractivity contribution is 7.90. The van der Waals surface area contributed by atoms with Crippen molar-refractivity contribution in [1.29, 1.82) is 0 Å². The van der Waals surface area contributed by atoms with E-state index < -0.39 is 26.6 Å². The average molecular weight is 721 g/mol. The van der Waals surface area contributed by atoms with E-state index in [2.05, 4.69) is 25.7 Å². The average Bonchev–Trinajstić information content (AvgIpc) is 3.22. The predicted octanol–water partition coefficient (Wildman–Crippen LogP) is 6.40. The van der Waals surface area contributed by atoms with Gasteiger partial charge in [-0.15, -0.1) is 0 Å². The SMILES string of the molecule is C[C@@H]1[C@@H](C)S(=O)(=O)NC(=O)c2ccc3c(c2)N(C[C@@H]2CC[C@H]2[C@@H](OCc2ncccn2)C2=C[C@H]1C2)C[C@@]1(CCCc2c1ccc(Cl)c2F)CO3. The highest BCUT2D eigenvalue weighted by Gasteiger charge is 2.47. The van der Waals surface area contributed by atoms with Gasteiger partial charge in [0.05, 0.1) is 28.7 Å². The molecule has 4 heterocycles. The number of halogens is 2. The van der Waals surface area contributed by atoms with E-state index in [0.29, 0.717) is 43.3 Å². The van der Waals surface area contributed by atoms with Crippen LogP contribution in [0.3, 0.4) is 0 Å². The van der Waals surface area contributed by atoms with E-state index in [9.17, 15) is 13.2 Å². The first-order valence-electron chi connectivity index (χ1n) is 17.7. The Morgan fingerprint density at radius 3 is 2.72 bits per heavy atom. The molecule has 9 rings (SSSR count). The van der Waals surface area contributed by atoms with E-state index in [1.54, 1.807) is 49.6 Å². The molecule has 0 radical (unpaired) electrons. The number of ether oxygens (including phenoxy) is 2. The number of hydrogen-bond donors (Lipinski definition) is 1. The summed E-state index contributed by atoms with van der Waals surface area (Å²) in [6, 6.07) is 10.5. The molecule has 0 unspecified atom stereocenters. The van der Waals surface area contributed by atoms with Crippen molar-refractivity contribution in [2.45, 2.75) is 75.7 Å². The van der Waals surface area contributed by atoms with Gasteiger partial charge in [0.15, 0.2) is 5.82 Å². The van der Waals surface area contributed by atoms with Gasteiger partial charge in [0.1, 0.15) is 18.2 Å². The molecule has 1 saturated carbocycles. The number of carbonyl (C=O) groups is 1. The second-order valence-electron chi connectivity index (χ2n) is 14.9. The summed E-state index contributed by atoms with van der Waals surface area (Å²) in [5.41, 5.74) is 3.19. The van der Waals surface area contributed by atoms with Crippen LogP contribution >= 0.6 is 11.6 Å². The number of rotatable bonds is 3. The summed E-state index contributed by atoms with van der Waals surface area (Å²) < 4.78 is 58.2. The Bertz CT molecular complexity index is 1960.